The monoisotopic (exact) mass is 1080 g/mol. The molecule has 68 heavy (non-hydrogen) atoms. The van der Waals surface area contributed by atoms with Gasteiger partial charge in [-0.25, -0.2) is 9.37 Å². The van der Waals surface area contributed by atoms with Crippen LogP contribution in [0.4, 0.5) is 4.39 Å². The van der Waals surface area contributed by atoms with Gasteiger partial charge < -0.3 is 18.4 Å². The summed E-state index contributed by atoms with van der Waals surface area (Å²) < 4.78 is 46.9. The molecule has 5 aromatic heterocycles. The number of pyridine rings is 2. The van der Waals surface area contributed by atoms with Crippen LogP contribution in [-0.4, -0.2) is 27.6 Å². The molecule has 0 aliphatic rings. The largest absolute Gasteiger partial charge is 0.486 e. The number of para-hydroxylation sites is 4. The summed E-state index contributed by atoms with van der Waals surface area (Å²) in [5.74, 6) is 0.116. The Bertz CT molecular complexity index is 3850. The molecule has 0 bridgehead atoms. The van der Waals surface area contributed by atoms with Gasteiger partial charge in [0.2, 0.25) is 5.71 Å². The molecule has 0 saturated carbocycles. The first-order valence-corrected chi connectivity index (χ1v) is 25.8. The molecule has 6 nitrogen and oxygen atoms in total. The van der Waals surface area contributed by atoms with Crippen molar-refractivity contribution in [2.24, 2.45) is 0 Å². The Morgan fingerprint density at radius 1 is 0.735 bits per heavy atom. The van der Waals surface area contributed by atoms with Crippen LogP contribution in [0, 0.1) is 17.9 Å². The van der Waals surface area contributed by atoms with Gasteiger partial charge in [-0.3, -0.25) is 4.98 Å². The summed E-state index contributed by atoms with van der Waals surface area (Å²) in [5, 5.41) is 4.90. The van der Waals surface area contributed by atoms with E-state index in [1.807, 2.05) is 141 Å². The maximum atomic E-state index is 13.8. The zero-order chi connectivity index (χ0) is 47.4. The standard InChI is InChI=1S/C36H19FN3O2.C23H26NSi.Ir/c37-22-16-14-21(15-17-22)23-18-19-27(34-32(23)26-9-6-20-38-36(26)42-34)35-39-28-10-2-3-11-29(28)40(35)30-12-5-8-25-24-7-1-4-13-31(24)41-33(25)30;1-18(19-11-7-5-8-12-19)15-21-16-22(20-13-9-6-10-14-20)24-17-23(21)25(2,3)4;/h1-18,20H;5-13,16-18H,15H2,1-4H3;/q2*-1;/i;15D2;. The van der Waals surface area contributed by atoms with Crippen LogP contribution in [0.3, 0.4) is 0 Å². The van der Waals surface area contributed by atoms with Gasteiger partial charge in [0, 0.05) is 51.4 Å². The smallest absolute Gasteiger partial charge is 0.216 e. The quantitative estimate of drug-likeness (QED) is 0.112. The molecule has 1 atom stereocenters. The molecule has 0 fully saturated rings. The maximum Gasteiger partial charge on any atom is 0.216 e. The Labute approximate surface area is 411 Å². The van der Waals surface area contributed by atoms with Gasteiger partial charge >= 0.3 is 0 Å². The normalized spacial score (nSPS) is 12.7. The molecular formula is C59H45FIrN4O2Si-2. The molecule has 335 valence electrons. The molecule has 9 heteroatoms. The molecule has 12 aromatic rings. The summed E-state index contributed by atoms with van der Waals surface area (Å²) in [6.45, 7) is 8.69. The van der Waals surface area contributed by atoms with Crippen molar-refractivity contribution in [1.29, 1.82) is 0 Å². The molecule has 1 unspecified atom stereocenters. The van der Waals surface area contributed by atoms with Crippen LogP contribution in [0.5, 0.6) is 0 Å². The number of imidazole rings is 1. The van der Waals surface area contributed by atoms with E-state index in [1.54, 1.807) is 18.3 Å². The number of nitrogens with zero attached hydrogens (tertiary/aromatic N) is 4. The van der Waals surface area contributed by atoms with Gasteiger partial charge in [0.15, 0.2) is 5.58 Å². The van der Waals surface area contributed by atoms with Gasteiger partial charge in [0.05, 0.1) is 36.2 Å². The predicted octanol–water partition coefficient (Wildman–Crippen LogP) is 14.9. The number of aromatic nitrogens is 4. The van der Waals surface area contributed by atoms with Crippen LogP contribution in [0.25, 0.3) is 94.5 Å². The molecule has 0 amide bonds. The maximum absolute atomic E-state index is 13.8. The minimum Gasteiger partial charge on any atom is -0.486 e. The minimum absolute atomic E-state index is 0. The number of furan rings is 2. The van der Waals surface area contributed by atoms with Gasteiger partial charge in [-0.2, -0.15) is 0 Å². The topological polar surface area (TPSA) is 69.9 Å². The average Bonchev–Trinajstić information content (AvgIpc) is 4.09. The molecule has 0 aliphatic heterocycles. The number of rotatable bonds is 8. The Kier molecular flexibility index (Phi) is 11.4. The molecular weight excluding hydrogens is 1040 g/mol. The van der Waals surface area contributed by atoms with E-state index in [2.05, 4.69) is 64.5 Å². The summed E-state index contributed by atoms with van der Waals surface area (Å²) >= 11 is 0. The third-order valence-corrected chi connectivity index (χ3v) is 14.3. The van der Waals surface area contributed by atoms with Crippen LogP contribution >= 0.6 is 0 Å². The molecule has 0 aliphatic carbocycles. The summed E-state index contributed by atoms with van der Waals surface area (Å²) in [4.78, 5) is 14.3. The molecule has 1 radical (unpaired) electrons. The van der Waals surface area contributed by atoms with E-state index < -0.39 is 14.4 Å². The second-order valence-electron chi connectivity index (χ2n) is 17.7. The van der Waals surface area contributed by atoms with Crippen molar-refractivity contribution < 1.29 is 36.1 Å². The number of fused-ring (bicyclic) bond motifs is 7. The summed E-state index contributed by atoms with van der Waals surface area (Å²) in [7, 11) is -1.77. The Hall–Kier alpha value is -7.29. The van der Waals surface area contributed by atoms with Gasteiger partial charge in [0.25, 0.3) is 0 Å². The van der Waals surface area contributed by atoms with Crippen molar-refractivity contribution in [1.82, 2.24) is 19.5 Å². The second kappa shape index (κ2) is 18.4. The van der Waals surface area contributed by atoms with Crippen molar-refractivity contribution in [3.05, 3.63) is 211 Å². The van der Waals surface area contributed by atoms with Crippen LogP contribution < -0.4 is 5.19 Å². The summed E-state index contributed by atoms with van der Waals surface area (Å²) in [6, 6.07) is 60.8. The van der Waals surface area contributed by atoms with Crippen LogP contribution in [0.1, 0.15) is 26.7 Å². The van der Waals surface area contributed by atoms with Gasteiger partial charge in [-0.15, -0.1) is 48.0 Å². The minimum atomic E-state index is -1.77. The number of halogens is 1. The Morgan fingerprint density at radius 2 is 1.49 bits per heavy atom. The van der Waals surface area contributed by atoms with Gasteiger partial charge in [-0.1, -0.05) is 140 Å². The van der Waals surface area contributed by atoms with Crippen LogP contribution in [0.2, 0.25) is 19.6 Å². The molecule has 12 rings (SSSR count). The fourth-order valence-electron chi connectivity index (χ4n) is 8.96. The van der Waals surface area contributed by atoms with E-state index in [0.717, 1.165) is 88.1 Å². The van der Waals surface area contributed by atoms with Crippen LogP contribution in [-0.2, 0) is 26.5 Å². The van der Waals surface area contributed by atoms with Crippen molar-refractivity contribution in [2.75, 3.05) is 0 Å². The Balaban J connectivity index is 0.000000177. The SMILES string of the molecule is Fc1ccc(-c2c[c-]c(-c3nc4ccccc4n3-c3cccc4c3oc3ccccc34)c3oc4ncccc4c23)cc1.[2H]C([2H])(c1cc(-c2[c-]cccc2)ncc1[Si](C)(C)C)C(C)c1ccccc1.[Ir]. The van der Waals surface area contributed by atoms with E-state index in [1.165, 1.54) is 12.1 Å². The molecule has 0 spiro atoms. The first-order valence-electron chi connectivity index (χ1n) is 23.3. The Morgan fingerprint density at radius 3 is 2.29 bits per heavy atom. The van der Waals surface area contributed by atoms with Crippen LogP contribution in [0.15, 0.2) is 191 Å². The first-order chi connectivity index (χ1) is 33.5. The van der Waals surface area contributed by atoms with E-state index in [4.69, 9.17) is 16.6 Å². The van der Waals surface area contributed by atoms with E-state index in [-0.39, 0.29) is 31.8 Å². The predicted molar refractivity (Wildman–Crippen MR) is 273 cm³/mol. The number of hydrogen-bond acceptors (Lipinski definition) is 5. The van der Waals surface area contributed by atoms with Crippen molar-refractivity contribution in [3.63, 3.8) is 0 Å². The van der Waals surface area contributed by atoms with E-state index in [9.17, 15) is 4.39 Å². The number of benzene rings is 7. The van der Waals surface area contributed by atoms with Gasteiger partial charge in [-0.05, 0) is 82.7 Å². The molecule has 0 N–H and O–H groups in total. The second-order valence-corrected chi connectivity index (χ2v) is 22.7. The summed E-state index contributed by atoms with van der Waals surface area (Å²) in [6.07, 6.45) is 2.11. The van der Waals surface area contributed by atoms with E-state index in [0.29, 0.717) is 22.7 Å². The van der Waals surface area contributed by atoms with Crippen molar-refractivity contribution in [2.45, 2.75) is 38.9 Å². The van der Waals surface area contributed by atoms with E-state index >= 15 is 0 Å². The third kappa shape index (κ3) is 8.27. The fraction of sp³-hybridized carbons (Fsp3) is 0.102. The summed E-state index contributed by atoms with van der Waals surface area (Å²) in [5.41, 5.74) is 11.2. The first kappa shape index (κ1) is 42.1. The fourth-order valence-corrected chi connectivity index (χ4v) is 10.4. The molecule has 5 heterocycles. The van der Waals surface area contributed by atoms with Crippen molar-refractivity contribution >= 4 is 68.3 Å². The zero-order valence-electron chi connectivity index (χ0n) is 39.7. The molecule has 7 aromatic carbocycles. The zero-order valence-corrected chi connectivity index (χ0v) is 41.1. The third-order valence-electron chi connectivity index (χ3n) is 12.3. The number of hydrogen-bond donors (Lipinski definition) is 0. The van der Waals surface area contributed by atoms with Gasteiger partial charge in [0.1, 0.15) is 11.4 Å². The van der Waals surface area contributed by atoms with Crippen molar-refractivity contribution in [3.8, 4) is 39.5 Å². The molecule has 0 saturated heterocycles. The average molecular weight is 1080 g/mol.